The smallest absolute Gasteiger partial charge is 0.124 e. The summed E-state index contributed by atoms with van der Waals surface area (Å²) in [6, 6.07) is 5.30. The second kappa shape index (κ2) is 8.70. The standard InChI is InChI=1S/C16H25BrFN/c1-4-6-12(3)10-16(19-9-5-2)14-8-7-13(18)11-15(14)17/h7-8,11-12,16,19H,4-6,9-10H2,1-3H3. The van der Waals surface area contributed by atoms with Gasteiger partial charge in [-0.2, -0.15) is 0 Å². The highest BCUT2D eigenvalue weighted by molar-refractivity contribution is 9.10. The van der Waals surface area contributed by atoms with E-state index in [1.807, 2.05) is 6.07 Å². The minimum absolute atomic E-state index is 0.188. The van der Waals surface area contributed by atoms with Crippen molar-refractivity contribution in [1.29, 1.82) is 0 Å². The molecule has 1 N–H and O–H groups in total. The predicted octanol–water partition coefficient (Wildman–Crippen LogP) is 5.46. The molecule has 0 fully saturated rings. The fourth-order valence-electron chi connectivity index (χ4n) is 2.44. The molecule has 0 saturated carbocycles. The van der Waals surface area contributed by atoms with Crippen LogP contribution in [0.15, 0.2) is 22.7 Å². The summed E-state index contributed by atoms with van der Waals surface area (Å²) in [5.41, 5.74) is 1.16. The fourth-order valence-corrected chi connectivity index (χ4v) is 3.06. The first-order valence-electron chi connectivity index (χ1n) is 7.26. The maximum absolute atomic E-state index is 13.2. The van der Waals surface area contributed by atoms with Crippen LogP contribution in [0.5, 0.6) is 0 Å². The van der Waals surface area contributed by atoms with E-state index in [2.05, 4.69) is 42.0 Å². The Balaban J connectivity index is 2.82. The molecule has 3 heteroatoms. The van der Waals surface area contributed by atoms with E-state index in [0.29, 0.717) is 12.0 Å². The Morgan fingerprint density at radius 3 is 2.58 bits per heavy atom. The zero-order chi connectivity index (χ0) is 14.3. The quantitative estimate of drug-likeness (QED) is 0.668. The molecule has 0 radical (unpaired) electrons. The van der Waals surface area contributed by atoms with Crippen molar-refractivity contribution in [3.8, 4) is 0 Å². The molecule has 0 aliphatic heterocycles. The summed E-state index contributed by atoms with van der Waals surface area (Å²) in [5.74, 6) is 0.489. The molecule has 1 aromatic carbocycles. The van der Waals surface area contributed by atoms with E-state index in [4.69, 9.17) is 0 Å². The van der Waals surface area contributed by atoms with Crippen molar-refractivity contribution in [3.63, 3.8) is 0 Å². The molecule has 0 aromatic heterocycles. The van der Waals surface area contributed by atoms with Gasteiger partial charge in [-0.1, -0.05) is 55.6 Å². The lowest BCUT2D eigenvalue weighted by atomic mass is 9.93. The van der Waals surface area contributed by atoms with E-state index in [-0.39, 0.29) is 5.82 Å². The van der Waals surface area contributed by atoms with E-state index in [1.165, 1.54) is 12.8 Å². The summed E-state index contributed by atoms with van der Waals surface area (Å²) in [6.45, 7) is 7.67. The van der Waals surface area contributed by atoms with Gasteiger partial charge in [-0.15, -0.1) is 0 Å². The first-order chi connectivity index (χ1) is 9.08. The SMILES string of the molecule is CCCNC(CC(C)CCC)c1ccc(F)cc1Br. The molecule has 0 bridgehead atoms. The van der Waals surface area contributed by atoms with E-state index in [9.17, 15) is 4.39 Å². The maximum Gasteiger partial charge on any atom is 0.124 e. The molecule has 19 heavy (non-hydrogen) atoms. The third-order valence-electron chi connectivity index (χ3n) is 3.40. The van der Waals surface area contributed by atoms with Crippen LogP contribution < -0.4 is 5.32 Å². The zero-order valence-electron chi connectivity index (χ0n) is 12.2. The zero-order valence-corrected chi connectivity index (χ0v) is 13.8. The minimum Gasteiger partial charge on any atom is -0.310 e. The van der Waals surface area contributed by atoms with E-state index >= 15 is 0 Å². The van der Waals surface area contributed by atoms with Gasteiger partial charge in [0.25, 0.3) is 0 Å². The molecule has 0 spiro atoms. The molecular weight excluding hydrogens is 305 g/mol. The van der Waals surface area contributed by atoms with Gasteiger partial charge in [0, 0.05) is 10.5 Å². The third kappa shape index (κ3) is 5.62. The Bertz CT molecular complexity index is 381. The van der Waals surface area contributed by atoms with Gasteiger partial charge in [-0.25, -0.2) is 4.39 Å². The number of hydrogen-bond donors (Lipinski definition) is 1. The van der Waals surface area contributed by atoms with Crippen molar-refractivity contribution in [2.75, 3.05) is 6.54 Å². The third-order valence-corrected chi connectivity index (χ3v) is 4.08. The van der Waals surface area contributed by atoms with Gasteiger partial charge >= 0.3 is 0 Å². The lowest BCUT2D eigenvalue weighted by molar-refractivity contribution is 0.389. The van der Waals surface area contributed by atoms with Gasteiger partial charge in [0.15, 0.2) is 0 Å². The molecule has 108 valence electrons. The molecule has 1 rings (SSSR count). The van der Waals surface area contributed by atoms with Gasteiger partial charge in [0.2, 0.25) is 0 Å². The van der Waals surface area contributed by atoms with E-state index < -0.39 is 0 Å². The summed E-state index contributed by atoms with van der Waals surface area (Å²) in [7, 11) is 0. The van der Waals surface area contributed by atoms with Crippen LogP contribution in [-0.4, -0.2) is 6.54 Å². The second-order valence-electron chi connectivity index (χ2n) is 5.30. The van der Waals surface area contributed by atoms with Crippen LogP contribution in [0.4, 0.5) is 4.39 Å². The van der Waals surface area contributed by atoms with Crippen LogP contribution in [0.2, 0.25) is 0 Å². The fraction of sp³-hybridized carbons (Fsp3) is 0.625. The molecule has 1 nitrogen and oxygen atoms in total. The lowest BCUT2D eigenvalue weighted by Crippen LogP contribution is -2.24. The Kier molecular flexibility index (Phi) is 7.62. The molecule has 2 atom stereocenters. The molecule has 1 aromatic rings. The van der Waals surface area contributed by atoms with Gasteiger partial charge in [-0.3, -0.25) is 0 Å². The summed E-state index contributed by atoms with van der Waals surface area (Å²) < 4.78 is 14.1. The highest BCUT2D eigenvalue weighted by Crippen LogP contribution is 2.30. The minimum atomic E-state index is -0.188. The highest BCUT2D eigenvalue weighted by Gasteiger charge is 2.17. The van der Waals surface area contributed by atoms with Crippen molar-refractivity contribution in [2.24, 2.45) is 5.92 Å². The average molecular weight is 330 g/mol. The van der Waals surface area contributed by atoms with Gasteiger partial charge in [0.1, 0.15) is 5.82 Å². The van der Waals surface area contributed by atoms with Crippen LogP contribution in [0, 0.1) is 11.7 Å². The van der Waals surface area contributed by atoms with Crippen LogP contribution in [0.25, 0.3) is 0 Å². The van der Waals surface area contributed by atoms with Crippen LogP contribution in [-0.2, 0) is 0 Å². The average Bonchev–Trinajstić information content (AvgIpc) is 2.35. The van der Waals surface area contributed by atoms with Crippen LogP contribution in [0.1, 0.15) is 58.1 Å². The first kappa shape index (κ1) is 16.6. The largest absolute Gasteiger partial charge is 0.310 e. The van der Waals surface area contributed by atoms with Crippen LogP contribution >= 0.6 is 15.9 Å². The van der Waals surface area contributed by atoms with Gasteiger partial charge < -0.3 is 5.32 Å². The van der Waals surface area contributed by atoms with E-state index in [0.717, 1.165) is 29.4 Å². The van der Waals surface area contributed by atoms with Crippen LogP contribution in [0.3, 0.4) is 0 Å². The number of halogens is 2. The normalized spacial score (nSPS) is 14.4. The molecule has 0 amide bonds. The highest BCUT2D eigenvalue weighted by atomic mass is 79.9. The topological polar surface area (TPSA) is 12.0 Å². The molecule has 0 saturated heterocycles. The summed E-state index contributed by atoms with van der Waals surface area (Å²) >= 11 is 3.49. The molecule has 0 aliphatic carbocycles. The molecular formula is C16H25BrFN. The van der Waals surface area contributed by atoms with Crippen molar-refractivity contribution in [3.05, 3.63) is 34.1 Å². The van der Waals surface area contributed by atoms with Gasteiger partial charge in [0.05, 0.1) is 0 Å². The Morgan fingerprint density at radius 1 is 1.26 bits per heavy atom. The number of hydrogen-bond acceptors (Lipinski definition) is 1. The van der Waals surface area contributed by atoms with Crippen molar-refractivity contribution in [2.45, 2.75) is 52.5 Å². The lowest BCUT2D eigenvalue weighted by Gasteiger charge is -2.23. The summed E-state index contributed by atoms with van der Waals surface area (Å²) in [6.07, 6.45) is 4.66. The predicted molar refractivity (Wildman–Crippen MR) is 83.8 cm³/mol. The van der Waals surface area contributed by atoms with Crippen molar-refractivity contribution in [1.82, 2.24) is 5.32 Å². The second-order valence-corrected chi connectivity index (χ2v) is 6.16. The first-order valence-corrected chi connectivity index (χ1v) is 8.06. The Morgan fingerprint density at radius 2 is 2.00 bits per heavy atom. The van der Waals surface area contributed by atoms with E-state index in [1.54, 1.807) is 12.1 Å². The Hall–Kier alpha value is -0.410. The molecule has 2 unspecified atom stereocenters. The monoisotopic (exact) mass is 329 g/mol. The van der Waals surface area contributed by atoms with Crippen molar-refractivity contribution >= 4 is 15.9 Å². The van der Waals surface area contributed by atoms with Crippen molar-refractivity contribution < 1.29 is 4.39 Å². The molecule has 0 aliphatic rings. The summed E-state index contributed by atoms with van der Waals surface area (Å²) in [5, 5.41) is 3.58. The number of rotatable bonds is 8. The maximum atomic E-state index is 13.2. The number of nitrogens with one attached hydrogen (secondary N) is 1. The summed E-state index contributed by atoms with van der Waals surface area (Å²) in [4.78, 5) is 0. The van der Waals surface area contributed by atoms with Gasteiger partial charge in [-0.05, 0) is 43.0 Å². The Labute approximate surface area is 125 Å². The molecule has 0 heterocycles. The number of benzene rings is 1.